The predicted octanol–water partition coefficient (Wildman–Crippen LogP) is 3.66. The van der Waals surface area contributed by atoms with Crippen LogP contribution in [0.3, 0.4) is 0 Å². The molecule has 2 heterocycles. The van der Waals surface area contributed by atoms with Crippen LogP contribution in [0.15, 0.2) is 6.07 Å². The van der Waals surface area contributed by atoms with E-state index >= 15 is 0 Å². The molecule has 0 spiro atoms. The van der Waals surface area contributed by atoms with Crippen LogP contribution in [0.25, 0.3) is 0 Å². The Morgan fingerprint density at radius 1 is 1.42 bits per heavy atom. The Labute approximate surface area is 142 Å². The third kappa shape index (κ3) is 4.09. The maximum absolute atomic E-state index is 13.0. The summed E-state index contributed by atoms with van der Waals surface area (Å²) in [7, 11) is -1.76. The molecule has 1 aliphatic heterocycles. The quantitative estimate of drug-likeness (QED) is 0.616. The third-order valence-corrected chi connectivity index (χ3v) is 6.10. The topological polar surface area (TPSA) is 86.9 Å². The minimum Gasteiger partial charge on any atom is -0.462 e. The molecule has 1 N–H and O–H groups in total. The number of aromatic amines is 1. The average Bonchev–Trinajstić information content (AvgIpc) is 2.94. The number of nitrogens with one attached hydrogen (secondary N) is 1. The van der Waals surface area contributed by atoms with Gasteiger partial charge in [-0.05, 0) is 19.9 Å². The van der Waals surface area contributed by atoms with Gasteiger partial charge in [-0.25, -0.2) is 4.79 Å². The number of rotatable bonds is 6. The number of H-pyrrole nitrogens is 1. The zero-order chi connectivity index (χ0) is 18.0. The zero-order valence-corrected chi connectivity index (χ0v) is 15.8. The van der Waals surface area contributed by atoms with Crippen molar-refractivity contribution in [3.63, 3.8) is 0 Å². The standard InChI is InChI=1S/C16H26NO6P/c1-6-21-15(18)12-7-13(17-14(12)8-20-5)11(2)24(19)22-9-16(3,4)10-23-24/h7,11,17H,6,8-10H2,1-5H3. The molecule has 24 heavy (non-hydrogen) atoms. The predicted molar refractivity (Wildman–Crippen MR) is 89.2 cm³/mol. The minimum absolute atomic E-state index is 0.166. The van der Waals surface area contributed by atoms with Crippen LogP contribution in [0.5, 0.6) is 0 Å². The van der Waals surface area contributed by atoms with Crippen LogP contribution in [0, 0.1) is 5.41 Å². The van der Waals surface area contributed by atoms with E-state index in [1.807, 2.05) is 13.8 Å². The summed E-state index contributed by atoms with van der Waals surface area (Å²) in [4.78, 5) is 15.2. The molecule has 1 saturated heterocycles. The summed E-state index contributed by atoms with van der Waals surface area (Å²) in [6.45, 7) is 8.72. The van der Waals surface area contributed by atoms with E-state index in [1.54, 1.807) is 19.9 Å². The van der Waals surface area contributed by atoms with Crippen molar-refractivity contribution in [2.75, 3.05) is 26.9 Å². The number of esters is 1. The lowest BCUT2D eigenvalue weighted by atomic mass is 9.97. The molecular weight excluding hydrogens is 333 g/mol. The van der Waals surface area contributed by atoms with Crippen molar-refractivity contribution >= 4 is 13.6 Å². The lowest BCUT2D eigenvalue weighted by molar-refractivity contribution is 0.0383. The maximum atomic E-state index is 13.0. The lowest BCUT2D eigenvalue weighted by Crippen LogP contribution is -2.30. The van der Waals surface area contributed by atoms with Gasteiger partial charge in [0.2, 0.25) is 0 Å². The summed E-state index contributed by atoms with van der Waals surface area (Å²) in [5.41, 5.74) is 0.882. The van der Waals surface area contributed by atoms with Gasteiger partial charge in [0.1, 0.15) is 0 Å². The molecule has 0 amide bonds. The largest absolute Gasteiger partial charge is 0.462 e. The molecule has 0 bridgehead atoms. The number of carbonyl (C=O) groups is 1. The van der Waals surface area contributed by atoms with Crippen molar-refractivity contribution in [2.45, 2.75) is 40.0 Å². The highest BCUT2D eigenvalue weighted by Gasteiger charge is 2.42. The van der Waals surface area contributed by atoms with Crippen LogP contribution in [0.1, 0.15) is 55.1 Å². The van der Waals surface area contributed by atoms with E-state index in [0.717, 1.165) is 0 Å². The Hall–Kier alpha value is -1.14. The Bertz CT molecular complexity index is 625. The maximum Gasteiger partial charge on any atom is 0.340 e. The van der Waals surface area contributed by atoms with E-state index in [1.165, 1.54) is 7.11 Å². The lowest BCUT2D eigenvalue weighted by Gasteiger charge is -2.36. The normalized spacial score (nSPS) is 20.5. The molecule has 1 aromatic rings. The molecule has 7 nitrogen and oxygen atoms in total. The molecule has 1 fully saturated rings. The summed E-state index contributed by atoms with van der Waals surface area (Å²) in [6.07, 6.45) is 0. The average molecular weight is 359 g/mol. The van der Waals surface area contributed by atoms with E-state index in [-0.39, 0.29) is 18.6 Å². The van der Waals surface area contributed by atoms with Gasteiger partial charge in [0, 0.05) is 18.2 Å². The van der Waals surface area contributed by atoms with Gasteiger partial charge in [-0.3, -0.25) is 4.57 Å². The second-order valence-electron chi connectivity index (χ2n) is 6.70. The van der Waals surface area contributed by atoms with Gasteiger partial charge in [-0.1, -0.05) is 13.8 Å². The van der Waals surface area contributed by atoms with E-state index in [2.05, 4.69) is 4.98 Å². The van der Waals surface area contributed by atoms with Crippen molar-refractivity contribution in [3.8, 4) is 0 Å². The summed E-state index contributed by atoms with van der Waals surface area (Å²) in [6, 6.07) is 1.64. The van der Waals surface area contributed by atoms with Crippen molar-refractivity contribution in [2.24, 2.45) is 5.41 Å². The fourth-order valence-electron chi connectivity index (χ4n) is 2.40. The first-order valence-electron chi connectivity index (χ1n) is 7.99. The molecule has 0 saturated carbocycles. The first-order valence-corrected chi connectivity index (χ1v) is 9.60. The fourth-order valence-corrected chi connectivity index (χ4v) is 4.46. The van der Waals surface area contributed by atoms with Crippen LogP contribution in [-0.4, -0.2) is 37.9 Å². The van der Waals surface area contributed by atoms with Gasteiger partial charge in [-0.15, -0.1) is 0 Å². The number of ether oxygens (including phenoxy) is 2. The summed E-state index contributed by atoms with van der Waals surface area (Å²) >= 11 is 0. The highest BCUT2D eigenvalue weighted by Crippen LogP contribution is 2.63. The van der Waals surface area contributed by atoms with Crippen LogP contribution in [0.2, 0.25) is 0 Å². The van der Waals surface area contributed by atoms with Crippen molar-refractivity contribution < 1.29 is 27.9 Å². The Balaban J connectivity index is 2.26. The van der Waals surface area contributed by atoms with Crippen molar-refractivity contribution in [1.82, 2.24) is 4.98 Å². The molecule has 8 heteroatoms. The molecule has 0 radical (unpaired) electrons. The first kappa shape index (κ1) is 19.2. The second-order valence-corrected chi connectivity index (χ2v) is 9.07. The number of carbonyl (C=O) groups excluding carboxylic acids is 1. The van der Waals surface area contributed by atoms with E-state index in [4.69, 9.17) is 18.5 Å². The van der Waals surface area contributed by atoms with E-state index in [0.29, 0.717) is 30.2 Å². The third-order valence-electron chi connectivity index (χ3n) is 3.90. The van der Waals surface area contributed by atoms with Crippen molar-refractivity contribution in [1.29, 1.82) is 0 Å². The minimum atomic E-state index is -3.30. The summed E-state index contributed by atoms with van der Waals surface area (Å²) in [5.74, 6) is -0.441. The fraction of sp³-hybridized carbons (Fsp3) is 0.688. The van der Waals surface area contributed by atoms with Gasteiger partial charge in [0.05, 0.1) is 43.3 Å². The van der Waals surface area contributed by atoms with Crippen LogP contribution in [0.4, 0.5) is 0 Å². The highest BCUT2D eigenvalue weighted by molar-refractivity contribution is 7.54. The summed E-state index contributed by atoms with van der Waals surface area (Å²) in [5, 5.41) is 0. The second kappa shape index (κ2) is 7.40. The van der Waals surface area contributed by atoms with Crippen LogP contribution in [-0.2, 0) is 29.7 Å². The Morgan fingerprint density at radius 3 is 2.58 bits per heavy atom. The molecule has 1 aromatic heterocycles. The van der Waals surface area contributed by atoms with Gasteiger partial charge < -0.3 is 23.5 Å². The summed E-state index contributed by atoms with van der Waals surface area (Å²) < 4.78 is 34.3. The molecule has 0 aliphatic carbocycles. The number of hydrogen-bond acceptors (Lipinski definition) is 6. The molecule has 1 aliphatic rings. The zero-order valence-electron chi connectivity index (χ0n) is 14.9. The molecule has 2 rings (SSSR count). The monoisotopic (exact) mass is 359 g/mol. The first-order chi connectivity index (χ1) is 11.2. The molecular formula is C16H26NO6P. The van der Waals surface area contributed by atoms with E-state index in [9.17, 15) is 9.36 Å². The Kier molecular flexibility index (Phi) is 5.91. The smallest absolute Gasteiger partial charge is 0.340 e. The van der Waals surface area contributed by atoms with Crippen LogP contribution >= 0.6 is 7.60 Å². The Morgan fingerprint density at radius 2 is 2.04 bits per heavy atom. The highest BCUT2D eigenvalue weighted by atomic mass is 31.2. The SMILES string of the molecule is CCOC(=O)c1cc(C(C)P2(=O)OCC(C)(C)CO2)[nH]c1COC. The van der Waals surface area contributed by atoms with E-state index < -0.39 is 19.2 Å². The molecule has 1 atom stereocenters. The van der Waals surface area contributed by atoms with Gasteiger partial charge in [-0.2, -0.15) is 0 Å². The molecule has 0 aromatic carbocycles. The molecule has 1 unspecified atom stereocenters. The van der Waals surface area contributed by atoms with Gasteiger partial charge >= 0.3 is 13.6 Å². The van der Waals surface area contributed by atoms with Gasteiger partial charge in [0.25, 0.3) is 0 Å². The van der Waals surface area contributed by atoms with Crippen LogP contribution < -0.4 is 0 Å². The number of hydrogen-bond donors (Lipinski definition) is 1. The van der Waals surface area contributed by atoms with Gasteiger partial charge in [0.15, 0.2) is 0 Å². The number of aromatic nitrogens is 1. The number of methoxy groups -OCH3 is 1. The van der Waals surface area contributed by atoms with Crippen molar-refractivity contribution in [3.05, 3.63) is 23.0 Å². The molecule has 136 valence electrons.